The maximum Gasteiger partial charge on any atom is 0.215 e. The first kappa shape index (κ1) is 13.9. The third-order valence-corrected chi connectivity index (χ3v) is 5.04. The van der Waals surface area contributed by atoms with Crippen LogP contribution in [0.5, 0.6) is 0 Å². The van der Waals surface area contributed by atoms with Crippen molar-refractivity contribution in [1.29, 1.82) is 0 Å². The van der Waals surface area contributed by atoms with Crippen molar-refractivity contribution < 1.29 is 8.42 Å². The van der Waals surface area contributed by atoms with Crippen molar-refractivity contribution >= 4 is 10.0 Å². The molecule has 0 aromatic rings. The second kappa shape index (κ2) is 6.57. The van der Waals surface area contributed by atoms with Crippen LogP contribution >= 0.6 is 0 Å². The lowest BCUT2D eigenvalue weighted by Crippen LogP contribution is -2.44. The Balaban J connectivity index is 2.42. The molecule has 1 saturated heterocycles. The molecule has 0 amide bonds. The molecular weight excluding hydrogens is 224 g/mol. The van der Waals surface area contributed by atoms with E-state index in [9.17, 15) is 8.42 Å². The molecule has 1 aliphatic heterocycles. The average molecular weight is 248 g/mol. The van der Waals surface area contributed by atoms with Crippen LogP contribution in [-0.4, -0.2) is 44.2 Å². The Morgan fingerprint density at radius 3 is 2.69 bits per heavy atom. The summed E-state index contributed by atoms with van der Waals surface area (Å²) in [6, 6.07) is 0.185. The Labute approximate surface area is 99.5 Å². The third-order valence-electron chi connectivity index (χ3n) is 3.06. The van der Waals surface area contributed by atoms with E-state index in [-0.39, 0.29) is 11.8 Å². The monoisotopic (exact) mass is 248 g/mol. The first-order valence-electron chi connectivity index (χ1n) is 6.28. The Morgan fingerprint density at radius 2 is 2.06 bits per heavy atom. The standard InChI is InChI=1S/C11H24N2O2S/c1-3-7-12-8-10-16(14,15)13-9-5-4-6-11(13)2/h11-12H,3-10H2,1-2H3. The van der Waals surface area contributed by atoms with E-state index in [4.69, 9.17) is 0 Å². The first-order valence-corrected chi connectivity index (χ1v) is 7.89. The van der Waals surface area contributed by atoms with Crippen LogP contribution in [0.2, 0.25) is 0 Å². The summed E-state index contributed by atoms with van der Waals surface area (Å²) in [5.41, 5.74) is 0. The van der Waals surface area contributed by atoms with E-state index in [0.717, 1.165) is 32.2 Å². The lowest BCUT2D eigenvalue weighted by molar-refractivity contribution is 0.268. The Morgan fingerprint density at radius 1 is 1.31 bits per heavy atom. The number of nitrogens with one attached hydrogen (secondary N) is 1. The highest BCUT2D eigenvalue weighted by Crippen LogP contribution is 2.19. The summed E-state index contributed by atoms with van der Waals surface area (Å²) < 4.78 is 25.8. The molecule has 1 fully saturated rings. The summed E-state index contributed by atoms with van der Waals surface area (Å²) >= 11 is 0. The van der Waals surface area contributed by atoms with Gasteiger partial charge in [-0.25, -0.2) is 8.42 Å². The second-order valence-corrected chi connectivity index (χ2v) is 6.56. The number of piperidine rings is 1. The van der Waals surface area contributed by atoms with Crippen LogP contribution in [-0.2, 0) is 10.0 Å². The molecule has 0 aliphatic carbocycles. The Hall–Kier alpha value is -0.130. The van der Waals surface area contributed by atoms with E-state index < -0.39 is 10.0 Å². The smallest absolute Gasteiger partial charge is 0.215 e. The Bertz CT molecular complexity index is 290. The Kier molecular flexibility index (Phi) is 5.72. The largest absolute Gasteiger partial charge is 0.316 e. The molecule has 1 aliphatic rings. The lowest BCUT2D eigenvalue weighted by Gasteiger charge is -2.32. The highest BCUT2D eigenvalue weighted by Gasteiger charge is 2.28. The maximum absolute atomic E-state index is 12.0. The van der Waals surface area contributed by atoms with Crippen molar-refractivity contribution in [2.45, 2.75) is 45.6 Å². The van der Waals surface area contributed by atoms with E-state index in [1.807, 2.05) is 6.92 Å². The van der Waals surface area contributed by atoms with Crippen LogP contribution in [0.1, 0.15) is 39.5 Å². The molecule has 16 heavy (non-hydrogen) atoms. The fraction of sp³-hybridized carbons (Fsp3) is 1.00. The molecule has 1 atom stereocenters. The fourth-order valence-electron chi connectivity index (χ4n) is 2.11. The maximum atomic E-state index is 12.0. The molecule has 96 valence electrons. The zero-order valence-corrected chi connectivity index (χ0v) is 11.2. The zero-order valence-electron chi connectivity index (χ0n) is 10.4. The molecule has 0 aromatic carbocycles. The van der Waals surface area contributed by atoms with Crippen LogP contribution in [0.25, 0.3) is 0 Å². The predicted molar refractivity (Wildman–Crippen MR) is 67.0 cm³/mol. The number of hydrogen-bond donors (Lipinski definition) is 1. The van der Waals surface area contributed by atoms with Gasteiger partial charge in [-0.15, -0.1) is 0 Å². The molecule has 1 heterocycles. The quantitative estimate of drug-likeness (QED) is 0.718. The summed E-state index contributed by atoms with van der Waals surface area (Å²) in [4.78, 5) is 0. The van der Waals surface area contributed by atoms with E-state index in [2.05, 4.69) is 12.2 Å². The van der Waals surface area contributed by atoms with Crippen molar-refractivity contribution in [3.05, 3.63) is 0 Å². The van der Waals surface area contributed by atoms with Crippen molar-refractivity contribution in [2.24, 2.45) is 0 Å². The van der Waals surface area contributed by atoms with Gasteiger partial charge in [0.05, 0.1) is 5.75 Å². The minimum atomic E-state index is -3.04. The normalized spacial score (nSPS) is 23.5. The molecule has 0 saturated carbocycles. The minimum absolute atomic E-state index is 0.185. The van der Waals surface area contributed by atoms with Gasteiger partial charge >= 0.3 is 0 Å². The van der Waals surface area contributed by atoms with Crippen LogP contribution in [0.4, 0.5) is 0 Å². The number of hydrogen-bond acceptors (Lipinski definition) is 3. The lowest BCUT2D eigenvalue weighted by atomic mass is 10.1. The van der Waals surface area contributed by atoms with Gasteiger partial charge in [0.1, 0.15) is 0 Å². The van der Waals surface area contributed by atoms with Gasteiger partial charge in [0.2, 0.25) is 10.0 Å². The molecule has 0 aromatic heterocycles. The van der Waals surface area contributed by atoms with Gasteiger partial charge in [0, 0.05) is 19.1 Å². The van der Waals surface area contributed by atoms with Gasteiger partial charge in [-0.1, -0.05) is 13.3 Å². The van der Waals surface area contributed by atoms with E-state index in [1.165, 1.54) is 0 Å². The van der Waals surface area contributed by atoms with E-state index >= 15 is 0 Å². The van der Waals surface area contributed by atoms with Crippen molar-refractivity contribution in [3.63, 3.8) is 0 Å². The highest BCUT2D eigenvalue weighted by molar-refractivity contribution is 7.89. The molecule has 0 spiro atoms. The van der Waals surface area contributed by atoms with Gasteiger partial charge in [-0.3, -0.25) is 0 Å². The number of nitrogens with zero attached hydrogens (tertiary/aromatic N) is 1. The van der Waals surface area contributed by atoms with Crippen LogP contribution < -0.4 is 5.32 Å². The SMILES string of the molecule is CCCNCCS(=O)(=O)N1CCCCC1C. The van der Waals surface area contributed by atoms with Crippen molar-refractivity contribution in [2.75, 3.05) is 25.4 Å². The van der Waals surface area contributed by atoms with Gasteiger partial charge < -0.3 is 5.32 Å². The molecule has 0 radical (unpaired) electrons. The van der Waals surface area contributed by atoms with Crippen LogP contribution in [0, 0.1) is 0 Å². The predicted octanol–water partition coefficient (Wildman–Crippen LogP) is 1.19. The van der Waals surface area contributed by atoms with Gasteiger partial charge in [0.25, 0.3) is 0 Å². The second-order valence-electron chi connectivity index (χ2n) is 4.52. The molecule has 5 heteroatoms. The van der Waals surface area contributed by atoms with Gasteiger partial charge in [-0.2, -0.15) is 4.31 Å². The fourth-order valence-corrected chi connectivity index (χ4v) is 3.80. The number of rotatable bonds is 6. The van der Waals surface area contributed by atoms with Crippen molar-refractivity contribution in [3.8, 4) is 0 Å². The summed E-state index contributed by atoms with van der Waals surface area (Å²) in [7, 11) is -3.04. The molecular formula is C11H24N2O2S. The highest BCUT2D eigenvalue weighted by atomic mass is 32.2. The molecule has 1 N–H and O–H groups in total. The minimum Gasteiger partial charge on any atom is -0.316 e. The zero-order chi connectivity index (χ0) is 12.0. The summed E-state index contributed by atoms with van der Waals surface area (Å²) in [6.45, 7) is 6.26. The van der Waals surface area contributed by atoms with E-state index in [0.29, 0.717) is 13.1 Å². The molecule has 1 rings (SSSR count). The topological polar surface area (TPSA) is 49.4 Å². The molecule has 1 unspecified atom stereocenters. The third kappa shape index (κ3) is 4.03. The number of sulfonamides is 1. The first-order chi connectivity index (χ1) is 7.58. The van der Waals surface area contributed by atoms with Crippen LogP contribution in [0.3, 0.4) is 0 Å². The van der Waals surface area contributed by atoms with Crippen LogP contribution in [0.15, 0.2) is 0 Å². The average Bonchev–Trinajstić information content (AvgIpc) is 2.25. The summed E-state index contributed by atoms with van der Waals surface area (Å²) in [6.07, 6.45) is 4.20. The van der Waals surface area contributed by atoms with Gasteiger partial charge in [-0.05, 0) is 32.7 Å². The van der Waals surface area contributed by atoms with E-state index in [1.54, 1.807) is 4.31 Å². The van der Waals surface area contributed by atoms with Crippen molar-refractivity contribution in [1.82, 2.24) is 9.62 Å². The molecule has 4 nitrogen and oxygen atoms in total. The van der Waals surface area contributed by atoms with Gasteiger partial charge in [0.15, 0.2) is 0 Å². The summed E-state index contributed by atoms with van der Waals surface area (Å²) in [5, 5.41) is 3.14. The summed E-state index contributed by atoms with van der Waals surface area (Å²) in [5.74, 6) is 0.233. The molecule has 0 bridgehead atoms.